The molecule has 0 saturated carbocycles. The number of nitrogens with two attached hydrogens (primary N) is 1. The smallest absolute Gasteiger partial charge is 0.214 e. The highest BCUT2D eigenvalue weighted by Crippen LogP contribution is 2.16. The van der Waals surface area contributed by atoms with E-state index in [9.17, 15) is 0 Å². The van der Waals surface area contributed by atoms with Crippen molar-refractivity contribution >= 4 is 12.2 Å². The molecule has 0 aliphatic rings. The summed E-state index contributed by atoms with van der Waals surface area (Å²) in [5.41, 5.74) is 1.75. The van der Waals surface area contributed by atoms with Crippen molar-refractivity contribution in [3.8, 4) is 11.5 Å². The van der Waals surface area contributed by atoms with Gasteiger partial charge in [0.15, 0.2) is 5.82 Å². The third kappa shape index (κ3) is 1.29. The van der Waals surface area contributed by atoms with Crippen LogP contribution in [0.3, 0.4) is 0 Å². The maximum Gasteiger partial charge on any atom is 0.214 e. The van der Waals surface area contributed by atoms with Gasteiger partial charge >= 0.3 is 0 Å². The van der Waals surface area contributed by atoms with Crippen molar-refractivity contribution in [2.75, 3.05) is 5.84 Å². The van der Waals surface area contributed by atoms with Gasteiger partial charge in [0.2, 0.25) is 4.77 Å². The van der Waals surface area contributed by atoms with E-state index in [2.05, 4.69) is 15.2 Å². The van der Waals surface area contributed by atoms with Crippen LogP contribution in [0.25, 0.3) is 11.5 Å². The monoisotopic (exact) mass is 207 g/mol. The van der Waals surface area contributed by atoms with Crippen molar-refractivity contribution in [1.82, 2.24) is 19.9 Å². The highest BCUT2D eigenvalue weighted by atomic mass is 32.1. The summed E-state index contributed by atoms with van der Waals surface area (Å²) >= 11 is 4.91. The number of pyridine rings is 1. The van der Waals surface area contributed by atoms with Gasteiger partial charge in [-0.1, -0.05) is 6.07 Å². The van der Waals surface area contributed by atoms with Crippen LogP contribution in [-0.4, -0.2) is 19.9 Å². The first-order valence-corrected chi connectivity index (χ1v) is 4.45. The summed E-state index contributed by atoms with van der Waals surface area (Å²) in [5, 5.41) is 6.62. The van der Waals surface area contributed by atoms with Gasteiger partial charge in [-0.05, 0) is 30.8 Å². The molecule has 0 fully saturated rings. The zero-order valence-electron chi connectivity index (χ0n) is 7.56. The topological polar surface area (TPSA) is 72.5 Å². The molecule has 0 unspecified atom stereocenters. The summed E-state index contributed by atoms with van der Waals surface area (Å²) in [4.78, 5) is 4.19. The Hall–Kier alpha value is -1.69. The standard InChI is InChI=1S/C8H9N5S/c1-5-3-2-4-10-6(5)7-11-12-8(14)13(7)9/h2-4H,9H2,1H3,(H,12,14). The molecule has 0 radical (unpaired) electrons. The molecule has 0 aromatic carbocycles. The van der Waals surface area contributed by atoms with Gasteiger partial charge < -0.3 is 5.84 Å². The van der Waals surface area contributed by atoms with E-state index in [1.165, 1.54) is 4.68 Å². The molecule has 0 spiro atoms. The summed E-state index contributed by atoms with van der Waals surface area (Å²) in [5.74, 6) is 6.23. The van der Waals surface area contributed by atoms with Gasteiger partial charge in [-0.15, -0.1) is 0 Å². The third-order valence-electron chi connectivity index (χ3n) is 1.93. The highest BCUT2D eigenvalue weighted by molar-refractivity contribution is 7.71. The zero-order valence-corrected chi connectivity index (χ0v) is 8.38. The molecule has 14 heavy (non-hydrogen) atoms. The Labute approximate surface area is 85.6 Å². The Morgan fingerprint density at radius 2 is 2.36 bits per heavy atom. The van der Waals surface area contributed by atoms with Gasteiger partial charge in [0, 0.05) is 6.20 Å². The van der Waals surface area contributed by atoms with Crippen molar-refractivity contribution < 1.29 is 0 Å². The molecule has 5 nitrogen and oxygen atoms in total. The molecule has 0 atom stereocenters. The molecule has 3 N–H and O–H groups in total. The van der Waals surface area contributed by atoms with Crippen molar-refractivity contribution in [3.63, 3.8) is 0 Å². The molecule has 72 valence electrons. The summed E-state index contributed by atoms with van der Waals surface area (Å²) in [6.45, 7) is 1.94. The van der Waals surface area contributed by atoms with Crippen LogP contribution in [0.15, 0.2) is 18.3 Å². The molecule has 0 amide bonds. The highest BCUT2D eigenvalue weighted by Gasteiger charge is 2.09. The van der Waals surface area contributed by atoms with E-state index >= 15 is 0 Å². The Bertz CT molecular complexity index is 512. The molecule has 0 aliphatic heterocycles. The van der Waals surface area contributed by atoms with Crippen molar-refractivity contribution in [2.24, 2.45) is 0 Å². The largest absolute Gasteiger partial charge is 0.335 e. The zero-order chi connectivity index (χ0) is 10.1. The van der Waals surface area contributed by atoms with Gasteiger partial charge in [-0.3, -0.25) is 4.98 Å². The SMILES string of the molecule is Cc1cccnc1-c1n[nH]c(=S)n1N. The van der Waals surface area contributed by atoms with Crippen LogP contribution in [0.4, 0.5) is 0 Å². The fraction of sp³-hybridized carbons (Fsp3) is 0.125. The van der Waals surface area contributed by atoms with Crippen LogP contribution in [0.5, 0.6) is 0 Å². The number of nitrogens with one attached hydrogen (secondary N) is 1. The predicted molar refractivity (Wildman–Crippen MR) is 55.5 cm³/mol. The molecule has 0 bridgehead atoms. The predicted octanol–water partition coefficient (Wildman–Crippen LogP) is 1.02. The lowest BCUT2D eigenvalue weighted by atomic mass is 10.2. The Morgan fingerprint density at radius 3 is 2.93 bits per heavy atom. The third-order valence-corrected chi connectivity index (χ3v) is 2.21. The summed E-state index contributed by atoms with van der Waals surface area (Å²) in [7, 11) is 0. The van der Waals surface area contributed by atoms with E-state index in [1.54, 1.807) is 6.20 Å². The quantitative estimate of drug-likeness (QED) is 0.541. The Balaban J connectivity index is 2.66. The summed E-state index contributed by atoms with van der Waals surface area (Å²) < 4.78 is 1.69. The lowest BCUT2D eigenvalue weighted by Crippen LogP contribution is -2.11. The van der Waals surface area contributed by atoms with Gasteiger partial charge in [0.1, 0.15) is 5.69 Å². The molecule has 6 heteroatoms. The maximum atomic E-state index is 5.68. The lowest BCUT2D eigenvalue weighted by molar-refractivity contribution is 0.975. The van der Waals surface area contributed by atoms with Crippen LogP contribution < -0.4 is 5.84 Å². The van der Waals surface area contributed by atoms with Crippen molar-refractivity contribution in [3.05, 3.63) is 28.7 Å². The first-order chi connectivity index (χ1) is 6.70. The first kappa shape index (κ1) is 8.89. The van der Waals surface area contributed by atoms with E-state index in [1.807, 2.05) is 19.1 Å². The fourth-order valence-corrected chi connectivity index (χ4v) is 1.32. The number of hydrogen-bond acceptors (Lipinski definition) is 4. The molecular weight excluding hydrogens is 198 g/mol. The van der Waals surface area contributed by atoms with E-state index < -0.39 is 0 Å². The summed E-state index contributed by atoms with van der Waals surface area (Å²) in [6, 6.07) is 3.81. The van der Waals surface area contributed by atoms with E-state index in [4.69, 9.17) is 18.1 Å². The number of nitrogen functional groups attached to an aromatic ring is 1. The fourth-order valence-electron chi connectivity index (χ4n) is 1.19. The molecule has 2 rings (SSSR count). The molecule has 2 heterocycles. The average Bonchev–Trinajstić information content (AvgIpc) is 2.49. The van der Waals surface area contributed by atoms with Crippen LogP contribution in [0.2, 0.25) is 0 Å². The minimum absolute atomic E-state index is 0.380. The minimum Gasteiger partial charge on any atom is -0.335 e. The van der Waals surface area contributed by atoms with Crippen LogP contribution in [0, 0.1) is 11.7 Å². The molecular formula is C8H9N5S. The van der Waals surface area contributed by atoms with Gasteiger partial charge in [-0.2, -0.15) is 5.10 Å². The lowest BCUT2D eigenvalue weighted by Gasteiger charge is -2.01. The molecule has 0 aliphatic carbocycles. The van der Waals surface area contributed by atoms with E-state index in [0.717, 1.165) is 11.3 Å². The number of hydrogen-bond donors (Lipinski definition) is 2. The average molecular weight is 207 g/mol. The number of H-pyrrole nitrogens is 1. The number of aromatic nitrogens is 4. The number of aryl methyl sites for hydroxylation is 1. The Morgan fingerprint density at radius 1 is 1.57 bits per heavy atom. The van der Waals surface area contributed by atoms with Crippen LogP contribution in [0.1, 0.15) is 5.56 Å². The minimum atomic E-state index is 0.380. The maximum absolute atomic E-state index is 5.68. The van der Waals surface area contributed by atoms with Gasteiger partial charge in [-0.25, -0.2) is 9.77 Å². The van der Waals surface area contributed by atoms with Crippen molar-refractivity contribution in [1.29, 1.82) is 0 Å². The molecule has 2 aromatic heterocycles. The van der Waals surface area contributed by atoms with Crippen LogP contribution >= 0.6 is 12.2 Å². The number of aromatic amines is 1. The second kappa shape index (κ2) is 3.22. The second-order valence-electron chi connectivity index (χ2n) is 2.89. The van der Waals surface area contributed by atoms with E-state index in [-0.39, 0.29) is 0 Å². The first-order valence-electron chi connectivity index (χ1n) is 4.04. The molecule has 2 aromatic rings. The summed E-state index contributed by atoms with van der Waals surface area (Å²) in [6.07, 6.45) is 1.69. The Kier molecular flexibility index (Phi) is 2.05. The normalized spacial score (nSPS) is 10.4. The molecule has 0 saturated heterocycles. The van der Waals surface area contributed by atoms with Crippen LogP contribution in [-0.2, 0) is 0 Å². The van der Waals surface area contributed by atoms with E-state index in [0.29, 0.717) is 10.6 Å². The van der Waals surface area contributed by atoms with Crippen molar-refractivity contribution in [2.45, 2.75) is 6.92 Å². The number of nitrogens with zero attached hydrogens (tertiary/aromatic N) is 3. The second-order valence-corrected chi connectivity index (χ2v) is 3.28. The van der Waals surface area contributed by atoms with Gasteiger partial charge in [0.25, 0.3) is 0 Å². The number of rotatable bonds is 1. The van der Waals surface area contributed by atoms with Gasteiger partial charge in [0.05, 0.1) is 0 Å².